The van der Waals surface area contributed by atoms with Crippen molar-refractivity contribution in [2.45, 2.75) is 269 Å². The van der Waals surface area contributed by atoms with E-state index in [-0.39, 0.29) is 32.0 Å². The molecule has 10 heteroatoms. The topological polar surface area (TPSA) is 152 Å². The quantitative estimate of drug-likeness (QED) is 0.0264. The van der Waals surface area contributed by atoms with Gasteiger partial charge in [-0.3, -0.25) is 9.59 Å². The molecule has 6 atom stereocenters. The van der Waals surface area contributed by atoms with Crippen LogP contribution in [0.15, 0.2) is 36.5 Å². The summed E-state index contributed by atoms with van der Waals surface area (Å²) in [5.74, 6) is -0.809. The lowest BCUT2D eigenvalue weighted by Gasteiger charge is -2.39. The van der Waals surface area contributed by atoms with Crippen LogP contribution in [-0.4, -0.2) is 89.0 Å². The van der Waals surface area contributed by atoms with E-state index in [1.165, 1.54) is 141 Å². The summed E-state index contributed by atoms with van der Waals surface area (Å²) in [7, 11) is 0. The highest BCUT2D eigenvalue weighted by molar-refractivity contribution is 5.70. The first kappa shape index (κ1) is 58.9. The zero-order valence-electron chi connectivity index (χ0n) is 40.3. The Hall–Kier alpha value is -2.08. The van der Waals surface area contributed by atoms with Crippen LogP contribution in [0.5, 0.6) is 0 Å². The van der Waals surface area contributed by atoms with Gasteiger partial charge in [-0.2, -0.15) is 0 Å². The molecule has 63 heavy (non-hydrogen) atoms. The number of allylic oxidation sites excluding steroid dienone is 6. The Morgan fingerprint density at radius 3 is 1.37 bits per heavy atom. The van der Waals surface area contributed by atoms with Gasteiger partial charge in [-0.25, -0.2) is 0 Å². The molecule has 1 rings (SSSR count). The molecule has 1 aliphatic heterocycles. The molecular formula is C53H96O10. The van der Waals surface area contributed by atoms with E-state index in [2.05, 4.69) is 50.3 Å². The Labute approximate surface area is 385 Å². The lowest BCUT2D eigenvalue weighted by atomic mass is 9.99. The molecule has 1 fully saturated rings. The van der Waals surface area contributed by atoms with Gasteiger partial charge in [-0.1, -0.05) is 185 Å². The average molecular weight is 893 g/mol. The predicted octanol–water partition coefficient (Wildman–Crippen LogP) is 12.2. The van der Waals surface area contributed by atoms with E-state index in [9.17, 15) is 30.0 Å². The normalized spacial score (nSPS) is 19.7. The predicted molar refractivity (Wildman–Crippen MR) is 256 cm³/mol. The number of carbonyl (C=O) groups excluding carboxylic acids is 2. The fourth-order valence-electron chi connectivity index (χ4n) is 7.86. The third kappa shape index (κ3) is 34.9. The van der Waals surface area contributed by atoms with Gasteiger partial charge in [-0.05, 0) is 70.6 Å². The molecule has 1 heterocycles. The van der Waals surface area contributed by atoms with Crippen molar-refractivity contribution >= 4 is 11.9 Å². The second-order valence-corrected chi connectivity index (χ2v) is 18.0. The highest BCUT2D eigenvalue weighted by Gasteiger charge is 2.44. The number of hydrogen-bond donors (Lipinski definition) is 4. The SMILES string of the molecule is CCCCC/C=C/C/C=C/CCCCCCCCCC(=O)OC[C@H](CO[C@@H]1O[C@H](CO)[C@H](O)C(O)C1O)OC(=O)CCCCCCCCCCCCC/C=C/CCCCCCCC. The monoisotopic (exact) mass is 893 g/mol. The van der Waals surface area contributed by atoms with Gasteiger partial charge in [0.05, 0.1) is 13.2 Å². The Bertz CT molecular complexity index is 1120. The van der Waals surface area contributed by atoms with Crippen LogP contribution in [0.25, 0.3) is 0 Å². The molecule has 1 saturated heterocycles. The van der Waals surface area contributed by atoms with Crippen molar-refractivity contribution in [1.29, 1.82) is 0 Å². The summed E-state index contributed by atoms with van der Waals surface area (Å²) in [6, 6.07) is 0. The van der Waals surface area contributed by atoms with Crippen LogP contribution in [0, 0.1) is 0 Å². The van der Waals surface area contributed by atoms with Crippen LogP contribution < -0.4 is 0 Å². The average Bonchev–Trinajstić information content (AvgIpc) is 3.28. The maximum atomic E-state index is 12.8. The van der Waals surface area contributed by atoms with Gasteiger partial charge < -0.3 is 39.4 Å². The summed E-state index contributed by atoms with van der Waals surface area (Å²) < 4.78 is 22.2. The van der Waals surface area contributed by atoms with E-state index >= 15 is 0 Å². The van der Waals surface area contributed by atoms with Gasteiger partial charge in [0.1, 0.15) is 31.0 Å². The molecule has 4 N–H and O–H groups in total. The molecule has 0 aromatic carbocycles. The van der Waals surface area contributed by atoms with Gasteiger partial charge in [0, 0.05) is 12.8 Å². The Balaban J connectivity index is 2.25. The van der Waals surface area contributed by atoms with Crippen molar-refractivity contribution in [2.75, 3.05) is 19.8 Å². The molecule has 10 nitrogen and oxygen atoms in total. The van der Waals surface area contributed by atoms with Crippen LogP contribution in [-0.2, 0) is 28.5 Å². The second-order valence-electron chi connectivity index (χ2n) is 18.0. The van der Waals surface area contributed by atoms with Crippen molar-refractivity contribution in [2.24, 2.45) is 0 Å². The molecule has 0 spiro atoms. The van der Waals surface area contributed by atoms with Gasteiger partial charge >= 0.3 is 11.9 Å². The first-order valence-electron chi connectivity index (χ1n) is 26.1. The van der Waals surface area contributed by atoms with Gasteiger partial charge in [0.15, 0.2) is 12.4 Å². The lowest BCUT2D eigenvalue weighted by Crippen LogP contribution is -2.59. The third-order valence-corrected chi connectivity index (χ3v) is 12.0. The largest absolute Gasteiger partial charge is 0.462 e. The number of carbonyl (C=O) groups is 2. The summed E-state index contributed by atoms with van der Waals surface area (Å²) in [6.07, 6.45) is 44.3. The molecule has 1 aliphatic rings. The van der Waals surface area contributed by atoms with E-state index in [1.54, 1.807) is 0 Å². The molecule has 0 saturated carbocycles. The number of rotatable bonds is 44. The molecule has 0 bridgehead atoms. The zero-order chi connectivity index (χ0) is 45.9. The molecule has 368 valence electrons. The number of aliphatic hydroxyl groups excluding tert-OH is 4. The van der Waals surface area contributed by atoms with Gasteiger partial charge in [0.2, 0.25) is 0 Å². The van der Waals surface area contributed by atoms with Crippen LogP contribution in [0.4, 0.5) is 0 Å². The molecule has 0 aromatic heterocycles. The molecule has 0 radical (unpaired) electrons. The van der Waals surface area contributed by atoms with E-state index in [0.29, 0.717) is 6.42 Å². The third-order valence-electron chi connectivity index (χ3n) is 12.0. The van der Waals surface area contributed by atoms with Crippen molar-refractivity contribution in [3.05, 3.63) is 36.5 Å². The number of esters is 2. The fraction of sp³-hybridized carbons (Fsp3) is 0.849. The van der Waals surface area contributed by atoms with Crippen molar-refractivity contribution in [3.8, 4) is 0 Å². The van der Waals surface area contributed by atoms with Crippen molar-refractivity contribution in [1.82, 2.24) is 0 Å². The van der Waals surface area contributed by atoms with Crippen LogP contribution >= 0.6 is 0 Å². The molecule has 0 aliphatic carbocycles. The molecule has 0 amide bonds. The smallest absolute Gasteiger partial charge is 0.306 e. The van der Waals surface area contributed by atoms with E-state index < -0.39 is 49.4 Å². The fourth-order valence-corrected chi connectivity index (χ4v) is 7.86. The first-order valence-corrected chi connectivity index (χ1v) is 26.1. The number of unbranched alkanes of at least 4 members (excludes halogenated alkanes) is 27. The maximum Gasteiger partial charge on any atom is 0.306 e. The molecule has 0 aromatic rings. The Morgan fingerprint density at radius 1 is 0.492 bits per heavy atom. The standard InChI is InChI=1S/C53H96O10/c1-3-5-7-9-11-13-15-17-19-21-22-23-24-26-28-30-32-34-36-38-40-42-49(56)62-46(45-61-53-52(59)51(58)50(57)47(43-54)63-53)44-60-48(55)41-39-37-35-33-31-29-27-25-20-18-16-14-12-10-8-6-4-2/h12,14,17-20,46-47,50-54,57-59H,3-11,13,15-16,21-45H2,1-2H3/b14-12+,19-17+,20-18+/t46-,47-,50+,51?,52?,53-/m1/s1. The van der Waals surface area contributed by atoms with Crippen LogP contribution in [0.2, 0.25) is 0 Å². The summed E-state index contributed by atoms with van der Waals surface area (Å²) >= 11 is 0. The van der Waals surface area contributed by atoms with E-state index in [1.807, 2.05) is 0 Å². The minimum Gasteiger partial charge on any atom is -0.462 e. The highest BCUT2D eigenvalue weighted by atomic mass is 16.7. The summed E-state index contributed by atoms with van der Waals surface area (Å²) in [6.45, 7) is 3.41. The summed E-state index contributed by atoms with van der Waals surface area (Å²) in [5.41, 5.74) is 0. The Kier molecular flexibility index (Phi) is 41.0. The maximum absolute atomic E-state index is 12.8. The lowest BCUT2D eigenvalue weighted by molar-refractivity contribution is -0.305. The van der Waals surface area contributed by atoms with Crippen LogP contribution in [0.3, 0.4) is 0 Å². The van der Waals surface area contributed by atoms with Crippen molar-refractivity contribution < 1.29 is 49.0 Å². The van der Waals surface area contributed by atoms with E-state index in [4.69, 9.17) is 18.9 Å². The second kappa shape index (κ2) is 43.8. The van der Waals surface area contributed by atoms with Crippen LogP contribution in [0.1, 0.15) is 232 Å². The Morgan fingerprint density at radius 2 is 0.889 bits per heavy atom. The zero-order valence-corrected chi connectivity index (χ0v) is 40.3. The number of ether oxygens (including phenoxy) is 4. The molecule has 2 unspecified atom stereocenters. The first-order chi connectivity index (χ1) is 30.8. The van der Waals surface area contributed by atoms with Crippen molar-refractivity contribution in [3.63, 3.8) is 0 Å². The van der Waals surface area contributed by atoms with Gasteiger partial charge in [-0.15, -0.1) is 0 Å². The van der Waals surface area contributed by atoms with Gasteiger partial charge in [0.25, 0.3) is 0 Å². The molecular weight excluding hydrogens is 797 g/mol. The minimum absolute atomic E-state index is 0.220. The summed E-state index contributed by atoms with van der Waals surface area (Å²) in [5, 5.41) is 40.2. The summed E-state index contributed by atoms with van der Waals surface area (Å²) in [4.78, 5) is 25.5. The number of hydrogen-bond acceptors (Lipinski definition) is 10. The number of aliphatic hydroxyl groups is 4. The highest BCUT2D eigenvalue weighted by Crippen LogP contribution is 2.23. The van der Waals surface area contributed by atoms with E-state index in [0.717, 1.165) is 57.8 Å². The minimum atomic E-state index is -1.60.